The van der Waals surface area contributed by atoms with Crippen molar-refractivity contribution in [3.05, 3.63) is 33.4 Å². The van der Waals surface area contributed by atoms with Crippen molar-refractivity contribution in [3.8, 4) is 0 Å². The van der Waals surface area contributed by atoms with Crippen LogP contribution in [0.5, 0.6) is 0 Å². The molecule has 0 radical (unpaired) electrons. The lowest BCUT2D eigenvalue weighted by atomic mass is 9.75. The third-order valence-corrected chi connectivity index (χ3v) is 4.75. The molecule has 0 unspecified atom stereocenters. The first kappa shape index (κ1) is 16.2. The summed E-state index contributed by atoms with van der Waals surface area (Å²) in [5.41, 5.74) is 1.76. The average molecular weight is 389 g/mol. The van der Waals surface area contributed by atoms with Gasteiger partial charge in [-0.15, -0.1) is 0 Å². The zero-order valence-electron chi connectivity index (χ0n) is 12.2. The molecule has 0 atom stereocenters. The van der Waals surface area contributed by atoms with E-state index >= 15 is 0 Å². The highest BCUT2D eigenvalue weighted by Gasteiger charge is 2.32. The van der Waals surface area contributed by atoms with E-state index in [2.05, 4.69) is 52.2 Å². The molecular weight excluding hydrogens is 365 g/mol. The fourth-order valence-electron chi connectivity index (χ4n) is 2.78. The highest BCUT2D eigenvalue weighted by molar-refractivity contribution is 14.1. The van der Waals surface area contributed by atoms with Crippen LogP contribution in [0.25, 0.3) is 0 Å². The van der Waals surface area contributed by atoms with Gasteiger partial charge in [-0.25, -0.2) is 0 Å². The molecule has 2 rings (SSSR count). The largest absolute Gasteiger partial charge is 0.383 e. The average Bonchev–Trinajstić information content (AvgIpc) is 2.47. The summed E-state index contributed by atoms with van der Waals surface area (Å²) >= 11 is 2.36. The molecule has 1 N–H and O–H groups in total. The molecule has 1 aliphatic heterocycles. The zero-order valence-corrected chi connectivity index (χ0v) is 14.3. The fraction of sp³-hybridized carbons (Fsp3) is 0.625. The maximum Gasteiger partial charge on any atom is 0.0587 e. The lowest BCUT2D eigenvalue weighted by molar-refractivity contribution is 0.0143. The molecule has 112 valence electrons. The minimum Gasteiger partial charge on any atom is -0.383 e. The molecule has 1 aliphatic rings. The van der Waals surface area contributed by atoms with Gasteiger partial charge >= 0.3 is 0 Å². The van der Waals surface area contributed by atoms with Crippen LogP contribution < -0.4 is 5.32 Å². The molecule has 1 fully saturated rings. The normalized spacial score (nSPS) is 18.1. The zero-order chi connectivity index (χ0) is 14.3. The molecule has 3 nitrogen and oxygen atoms in total. The number of rotatable bonds is 7. The second-order valence-corrected chi connectivity index (χ2v) is 6.83. The number of hydrogen-bond donors (Lipinski definition) is 1. The molecule has 1 saturated heterocycles. The van der Waals surface area contributed by atoms with E-state index in [-0.39, 0.29) is 0 Å². The van der Waals surface area contributed by atoms with E-state index < -0.39 is 0 Å². The van der Waals surface area contributed by atoms with Gasteiger partial charge in [0.15, 0.2) is 0 Å². The Morgan fingerprint density at radius 3 is 2.60 bits per heavy atom. The second kappa shape index (κ2) is 8.32. The molecule has 0 spiro atoms. The van der Waals surface area contributed by atoms with Crippen molar-refractivity contribution in [2.24, 2.45) is 5.41 Å². The predicted octanol–water partition coefficient (Wildman–Crippen LogP) is 2.87. The van der Waals surface area contributed by atoms with Crippen LogP contribution in [0.1, 0.15) is 18.4 Å². The Bertz CT molecular complexity index is 388. The van der Waals surface area contributed by atoms with Crippen molar-refractivity contribution in [1.82, 2.24) is 5.32 Å². The smallest absolute Gasteiger partial charge is 0.0587 e. The minimum absolute atomic E-state index is 0.332. The van der Waals surface area contributed by atoms with Crippen LogP contribution in [0.4, 0.5) is 0 Å². The lowest BCUT2D eigenvalue weighted by Gasteiger charge is -2.37. The minimum atomic E-state index is 0.332. The van der Waals surface area contributed by atoms with E-state index in [0.29, 0.717) is 5.41 Å². The van der Waals surface area contributed by atoms with Crippen LogP contribution in [-0.2, 0) is 15.9 Å². The van der Waals surface area contributed by atoms with Gasteiger partial charge < -0.3 is 14.8 Å². The summed E-state index contributed by atoms with van der Waals surface area (Å²) in [4.78, 5) is 0. The Hall–Kier alpha value is -0.170. The van der Waals surface area contributed by atoms with Crippen molar-refractivity contribution in [1.29, 1.82) is 0 Å². The van der Waals surface area contributed by atoms with Crippen LogP contribution in [0.2, 0.25) is 0 Å². The quantitative estimate of drug-likeness (QED) is 0.575. The van der Waals surface area contributed by atoms with Gasteiger partial charge in [0.05, 0.1) is 6.61 Å². The second-order valence-electron chi connectivity index (χ2n) is 5.59. The van der Waals surface area contributed by atoms with Crippen LogP contribution in [0, 0.1) is 8.99 Å². The summed E-state index contributed by atoms with van der Waals surface area (Å²) in [5.74, 6) is 0. The van der Waals surface area contributed by atoms with Crippen LogP contribution in [0.3, 0.4) is 0 Å². The number of nitrogens with one attached hydrogen (secondary N) is 1. The highest BCUT2D eigenvalue weighted by Crippen LogP contribution is 2.33. The maximum absolute atomic E-state index is 5.56. The van der Waals surface area contributed by atoms with Crippen molar-refractivity contribution in [3.63, 3.8) is 0 Å². The van der Waals surface area contributed by atoms with E-state index in [4.69, 9.17) is 9.47 Å². The molecule has 1 aromatic rings. The van der Waals surface area contributed by atoms with E-state index in [1.54, 1.807) is 7.11 Å². The Labute approximate surface area is 135 Å². The van der Waals surface area contributed by atoms with Gasteiger partial charge in [0, 0.05) is 37.0 Å². The summed E-state index contributed by atoms with van der Waals surface area (Å²) in [6.45, 7) is 4.51. The Kier molecular flexibility index (Phi) is 6.74. The van der Waals surface area contributed by atoms with Gasteiger partial charge in [-0.1, -0.05) is 12.1 Å². The highest BCUT2D eigenvalue weighted by atomic mass is 127. The summed E-state index contributed by atoms with van der Waals surface area (Å²) in [6.07, 6.45) is 3.41. The van der Waals surface area contributed by atoms with Gasteiger partial charge in [0.1, 0.15) is 0 Å². The molecule has 1 aromatic carbocycles. The number of ether oxygens (including phenoxy) is 2. The van der Waals surface area contributed by atoms with Crippen LogP contribution >= 0.6 is 22.6 Å². The first-order chi connectivity index (χ1) is 9.74. The number of hydrogen-bond acceptors (Lipinski definition) is 3. The fourth-order valence-corrected chi connectivity index (χ4v) is 3.14. The van der Waals surface area contributed by atoms with Crippen molar-refractivity contribution in [2.45, 2.75) is 19.3 Å². The Morgan fingerprint density at radius 1 is 1.25 bits per heavy atom. The van der Waals surface area contributed by atoms with Crippen molar-refractivity contribution < 1.29 is 9.47 Å². The lowest BCUT2D eigenvalue weighted by Crippen LogP contribution is -2.41. The maximum atomic E-state index is 5.56. The molecular formula is C16H24INO2. The van der Waals surface area contributed by atoms with Crippen molar-refractivity contribution in [2.75, 3.05) is 40.0 Å². The molecule has 0 aromatic heterocycles. The molecule has 0 aliphatic carbocycles. The molecule has 0 amide bonds. The third-order valence-electron chi connectivity index (χ3n) is 4.03. The summed E-state index contributed by atoms with van der Waals surface area (Å²) in [6, 6.07) is 8.91. The van der Waals surface area contributed by atoms with Crippen LogP contribution in [0.15, 0.2) is 24.3 Å². The molecule has 4 heteroatoms. The van der Waals surface area contributed by atoms with Gasteiger partial charge in [0.2, 0.25) is 0 Å². The molecule has 0 bridgehead atoms. The summed E-state index contributed by atoms with van der Waals surface area (Å²) in [5, 5.41) is 3.55. The van der Waals surface area contributed by atoms with Gasteiger partial charge in [-0.3, -0.25) is 0 Å². The first-order valence-corrected chi connectivity index (χ1v) is 8.34. The molecule has 20 heavy (non-hydrogen) atoms. The number of methoxy groups -OCH3 is 1. The third kappa shape index (κ3) is 4.98. The van der Waals surface area contributed by atoms with E-state index in [9.17, 15) is 0 Å². The van der Waals surface area contributed by atoms with Crippen LogP contribution in [-0.4, -0.2) is 40.0 Å². The summed E-state index contributed by atoms with van der Waals surface area (Å²) < 4.78 is 12.0. The number of benzene rings is 1. The van der Waals surface area contributed by atoms with Gasteiger partial charge in [-0.05, 0) is 65.0 Å². The topological polar surface area (TPSA) is 30.5 Å². The standard InChI is InChI=1S/C16H24INO2/c1-19-11-8-18-13-16(6-9-20-10-7-16)12-14-2-4-15(17)5-3-14/h2-5,18H,6-13H2,1H3. The van der Waals surface area contributed by atoms with E-state index in [1.807, 2.05) is 0 Å². The van der Waals surface area contributed by atoms with Crippen molar-refractivity contribution >= 4 is 22.6 Å². The molecule has 0 saturated carbocycles. The van der Waals surface area contributed by atoms with Gasteiger partial charge in [0.25, 0.3) is 0 Å². The number of halogens is 1. The monoisotopic (exact) mass is 389 g/mol. The Balaban J connectivity index is 1.96. The van der Waals surface area contributed by atoms with E-state index in [0.717, 1.165) is 52.2 Å². The van der Waals surface area contributed by atoms with Gasteiger partial charge in [-0.2, -0.15) is 0 Å². The SMILES string of the molecule is COCCNCC1(Cc2ccc(I)cc2)CCOCC1. The predicted molar refractivity (Wildman–Crippen MR) is 90.1 cm³/mol. The summed E-state index contributed by atoms with van der Waals surface area (Å²) in [7, 11) is 1.75. The molecule has 1 heterocycles. The first-order valence-electron chi connectivity index (χ1n) is 7.26. The Morgan fingerprint density at radius 2 is 1.95 bits per heavy atom. The van der Waals surface area contributed by atoms with E-state index in [1.165, 1.54) is 9.13 Å².